The first kappa shape index (κ1) is 14.9. The molecule has 0 heterocycles. The Bertz CT molecular complexity index is 606. The van der Waals surface area contributed by atoms with E-state index in [2.05, 4.69) is 0 Å². The zero-order valence-electron chi connectivity index (χ0n) is 11.0. The second-order valence-electron chi connectivity index (χ2n) is 4.49. The monoisotopic (exact) mass is 308 g/mol. The number of Topliss-reactive ketones (excluding diaryl/α,β-unsaturated/α-hetero) is 1. The van der Waals surface area contributed by atoms with Crippen LogP contribution >= 0.6 is 23.2 Å². The van der Waals surface area contributed by atoms with Gasteiger partial charge in [-0.15, -0.1) is 0 Å². The molecule has 4 heteroatoms. The predicted octanol–water partition coefficient (Wildman–Crippen LogP) is 4.36. The van der Waals surface area contributed by atoms with Crippen molar-refractivity contribution in [2.75, 3.05) is 7.11 Å². The number of halogens is 2. The van der Waals surface area contributed by atoms with E-state index in [4.69, 9.17) is 27.9 Å². The molecule has 0 aliphatic rings. The van der Waals surface area contributed by atoms with Gasteiger partial charge in [-0.05, 0) is 35.4 Å². The summed E-state index contributed by atoms with van der Waals surface area (Å²) < 4.78 is 5.08. The van der Waals surface area contributed by atoms with Crippen molar-refractivity contribution in [1.29, 1.82) is 0 Å². The van der Waals surface area contributed by atoms with E-state index in [1.165, 1.54) is 0 Å². The molecular formula is C16H14Cl2O2. The molecular weight excluding hydrogens is 295 g/mol. The third-order valence-electron chi connectivity index (χ3n) is 2.95. The van der Waals surface area contributed by atoms with Crippen molar-refractivity contribution in [3.8, 4) is 5.75 Å². The van der Waals surface area contributed by atoms with Crippen molar-refractivity contribution in [2.24, 2.45) is 0 Å². The summed E-state index contributed by atoms with van der Waals surface area (Å²) in [6.45, 7) is 0. The number of carbonyl (C=O) groups excluding carboxylic acids is 1. The van der Waals surface area contributed by atoms with Crippen LogP contribution in [0.5, 0.6) is 5.75 Å². The molecule has 0 spiro atoms. The van der Waals surface area contributed by atoms with E-state index in [9.17, 15) is 4.79 Å². The first-order valence-corrected chi connectivity index (χ1v) is 6.92. The van der Waals surface area contributed by atoms with Crippen LogP contribution in [-0.2, 0) is 17.6 Å². The quantitative estimate of drug-likeness (QED) is 0.820. The smallest absolute Gasteiger partial charge is 0.141 e. The fraction of sp³-hybridized carbons (Fsp3) is 0.188. The highest BCUT2D eigenvalue weighted by Gasteiger charge is 2.07. The molecule has 0 saturated heterocycles. The molecule has 20 heavy (non-hydrogen) atoms. The molecule has 0 atom stereocenters. The first-order valence-electron chi connectivity index (χ1n) is 6.17. The zero-order valence-corrected chi connectivity index (χ0v) is 12.5. The molecule has 0 radical (unpaired) electrons. The average molecular weight is 309 g/mol. The molecule has 2 nitrogen and oxygen atoms in total. The molecule has 2 rings (SSSR count). The van der Waals surface area contributed by atoms with Crippen LogP contribution in [0.25, 0.3) is 0 Å². The normalized spacial score (nSPS) is 10.3. The van der Waals surface area contributed by atoms with Crippen LogP contribution in [0.2, 0.25) is 10.0 Å². The second kappa shape index (κ2) is 6.78. The van der Waals surface area contributed by atoms with Gasteiger partial charge < -0.3 is 4.74 Å². The third kappa shape index (κ3) is 3.99. The van der Waals surface area contributed by atoms with E-state index in [0.717, 1.165) is 16.9 Å². The van der Waals surface area contributed by atoms with Crippen LogP contribution in [0, 0.1) is 0 Å². The van der Waals surface area contributed by atoms with Crippen molar-refractivity contribution in [1.82, 2.24) is 0 Å². The number of rotatable bonds is 5. The Morgan fingerprint density at radius 2 is 1.55 bits per heavy atom. The summed E-state index contributed by atoms with van der Waals surface area (Å²) in [7, 11) is 1.62. The summed E-state index contributed by atoms with van der Waals surface area (Å²) in [6.07, 6.45) is 0.743. The zero-order chi connectivity index (χ0) is 14.5. The van der Waals surface area contributed by atoms with Gasteiger partial charge in [0.15, 0.2) is 0 Å². The second-order valence-corrected chi connectivity index (χ2v) is 5.30. The van der Waals surface area contributed by atoms with Crippen LogP contribution in [0.1, 0.15) is 11.1 Å². The molecule has 0 aromatic heterocycles. The summed E-state index contributed by atoms with van der Waals surface area (Å²) in [4.78, 5) is 12.0. The van der Waals surface area contributed by atoms with Gasteiger partial charge >= 0.3 is 0 Å². The van der Waals surface area contributed by atoms with Crippen molar-refractivity contribution in [3.05, 3.63) is 63.6 Å². The van der Waals surface area contributed by atoms with Crippen molar-refractivity contribution in [2.45, 2.75) is 12.8 Å². The van der Waals surface area contributed by atoms with Crippen molar-refractivity contribution in [3.63, 3.8) is 0 Å². The molecule has 0 amide bonds. The van der Waals surface area contributed by atoms with Gasteiger partial charge in [-0.3, -0.25) is 4.79 Å². The Morgan fingerprint density at radius 1 is 0.950 bits per heavy atom. The largest absolute Gasteiger partial charge is 0.497 e. The Hall–Kier alpha value is -1.51. The van der Waals surface area contributed by atoms with Gasteiger partial charge in [-0.25, -0.2) is 0 Å². The average Bonchev–Trinajstić information content (AvgIpc) is 2.44. The maximum absolute atomic E-state index is 12.0. The van der Waals surface area contributed by atoms with Crippen LogP contribution < -0.4 is 4.74 Å². The van der Waals surface area contributed by atoms with Crippen LogP contribution in [0.3, 0.4) is 0 Å². The molecule has 0 unspecified atom stereocenters. The number of hydrogen-bond acceptors (Lipinski definition) is 2. The SMILES string of the molecule is COc1ccc(CC(=O)Cc2ccc(Cl)c(Cl)c2)cc1. The van der Waals surface area contributed by atoms with E-state index >= 15 is 0 Å². The number of hydrogen-bond donors (Lipinski definition) is 0. The number of benzene rings is 2. The molecule has 104 valence electrons. The Kier molecular flexibility index (Phi) is 5.05. The maximum Gasteiger partial charge on any atom is 0.141 e. The highest BCUT2D eigenvalue weighted by atomic mass is 35.5. The summed E-state index contributed by atoms with van der Waals surface area (Å²) in [5.74, 6) is 0.916. The number of ketones is 1. The highest BCUT2D eigenvalue weighted by molar-refractivity contribution is 6.42. The lowest BCUT2D eigenvalue weighted by Gasteiger charge is -2.05. The number of ether oxygens (including phenoxy) is 1. The molecule has 0 aliphatic heterocycles. The van der Waals surface area contributed by atoms with E-state index in [0.29, 0.717) is 22.9 Å². The molecule has 0 aliphatic carbocycles. The van der Waals surface area contributed by atoms with Crippen LogP contribution in [-0.4, -0.2) is 12.9 Å². The van der Waals surface area contributed by atoms with E-state index in [-0.39, 0.29) is 5.78 Å². The molecule has 0 fully saturated rings. The lowest BCUT2D eigenvalue weighted by atomic mass is 10.0. The van der Waals surface area contributed by atoms with Gasteiger partial charge in [-0.2, -0.15) is 0 Å². The minimum Gasteiger partial charge on any atom is -0.497 e. The van der Waals surface area contributed by atoms with E-state index < -0.39 is 0 Å². The Morgan fingerprint density at radius 3 is 2.15 bits per heavy atom. The minimum atomic E-state index is 0.133. The van der Waals surface area contributed by atoms with E-state index in [1.807, 2.05) is 30.3 Å². The molecule has 2 aromatic rings. The molecule has 2 aromatic carbocycles. The predicted molar refractivity (Wildman–Crippen MR) is 81.9 cm³/mol. The summed E-state index contributed by atoms with van der Waals surface area (Å²) in [5, 5.41) is 0.972. The van der Waals surface area contributed by atoms with Crippen molar-refractivity contribution >= 4 is 29.0 Å². The first-order chi connectivity index (χ1) is 9.58. The van der Waals surface area contributed by atoms with Crippen LogP contribution in [0.4, 0.5) is 0 Å². The Balaban J connectivity index is 1.99. The molecule has 0 saturated carbocycles. The van der Waals surface area contributed by atoms with Crippen molar-refractivity contribution < 1.29 is 9.53 Å². The minimum absolute atomic E-state index is 0.133. The topological polar surface area (TPSA) is 26.3 Å². The van der Waals surface area contributed by atoms with Crippen LogP contribution in [0.15, 0.2) is 42.5 Å². The Labute approximate surface area is 128 Å². The molecule has 0 bridgehead atoms. The lowest BCUT2D eigenvalue weighted by molar-refractivity contribution is -0.117. The fourth-order valence-corrected chi connectivity index (χ4v) is 2.23. The highest BCUT2D eigenvalue weighted by Crippen LogP contribution is 2.23. The third-order valence-corrected chi connectivity index (χ3v) is 3.68. The standard InChI is InChI=1S/C16H14Cl2O2/c1-20-14-5-2-11(3-6-14)8-13(19)9-12-4-7-15(17)16(18)10-12/h2-7,10H,8-9H2,1H3. The lowest BCUT2D eigenvalue weighted by Crippen LogP contribution is -2.06. The number of carbonyl (C=O) groups is 1. The fourth-order valence-electron chi connectivity index (χ4n) is 1.91. The van der Waals surface area contributed by atoms with Gasteiger partial charge in [-0.1, -0.05) is 41.4 Å². The van der Waals surface area contributed by atoms with Gasteiger partial charge in [0, 0.05) is 12.8 Å². The molecule has 0 N–H and O–H groups in total. The number of methoxy groups -OCH3 is 1. The van der Waals surface area contributed by atoms with Gasteiger partial charge in [0.2, 0.25) is 0 Å². The van der Waals surface area contributed by atoms with Gasteiger partial charge in [0.05, 0.1) is 17.2 Å². The van der Waals surface area contributed by atoms with Gasteiger partial charge in [0.1, 0.15) is 11.5 Å². The maximum atomic E-state index is 12.0. The summed E-state index contributed by atoms with van der Waals surface area (Å²) in [5.41, 5.74) is 1.84. The van der Waals surface area contributed by atoms with E-state index in [1.54, 1.807) is 19.2 Å². The summed E-state index contributed by atoms with van der Waals surface area (Å²) >= 11 is 11.8. The summed E-state index contributed by atoms with van der Waals surface area (Å²) in [6, 6.07) is 12.7. The van der Waals surface area contributed by atoms with Gasteiger partial charge in [0.25, 0.3) is 0 Å².